The maximum absolute atomic E-state index is 13.3. The molecule has 0 unspecified atom stereocenters. The first-order valence-corrected chi connectivity index (χ1v) is 6.10. The lowest BCUT2D eigenvalue weighted by Crippen LogP contribution is -2.42. The minimum absolute atomic E-state index is 0.199. The minimum atomic E-state index is -0.205. The van der Waals surface area contributed by atoms with Gasteiger partial charge in [0.15, 0.2) is 0 Å². The molecule has 1 aromatic carbocycles. The molecule has 1 saturated carbocycles. The van der Waals surface area contributed by atoms with Gasteiger partial charge in [-0.25, -0.2) is 14.4 Å². The molecule has 0 saturated heterocycles. The number of benzene rings is 1. The summed E-state index contributed by atoms with van der Waals surface area (Å²) in [7, 11) is 0. The van der Waals surface area contributed by atoms with Crippen LogP contribution in [0.1, 0.15) is 24.8 Å². The average molecular weight is 243 g/mol. The molecule has 4 heteroatoms. The van der Waals surface area contributed by atoms with Crippen molar-refractivity contribution in [2.45, 2.75) is 24.8 Å². The molecule has 1 N–H and O–H groups in total. The van der Waals surface area contributed by atoms with Crippen molar-refractivity contribution in [3.05, 3.63) is 54.1 Å². The predicted molar refractivity (Wildman–Crippen MR) is 67.6 cm³/mol. The Bertz CT molecular complexity index is 538. The lowest BCUT2D eigenvalue weighted by molar-refractivity contribution is 0.281. The Labute approximate surface area is 105 Å². The van der Waals surface area contributed by atoms with Gasteiger partial charge in [-0.1, -0.05) is 12.1 Å². The molecule has 1 fully saturated rings. The highest BCUT2D eigenvalue weighted by molar-refractivity contribution is 5.39. The fourth-order valence-corrected chi connectivity index (χ4v) is 2.38. The molecule has 0 atom stereocenters. The largest absolute Gasteiger partial charge is 0.345 e. The zero-order valence-electron chi connectivity index (χ0n) is 9.94. The minimum Gasteiger partial charge on any atom is -0.345 e. The maximum Gasteiger partial charge on any atom is 0.223 e. The van der Waals surface area contributed by atoms with Crippen LogP contribution >= 0.6 is 0 Å². The number of hydrogen-bond donors (Lipinski definition) is 1. The summed E-state index contributed by atoms with van der Waals surface area (Å²) < 4.78 is 13.3. The Morgan fingerprint density at radius 1 is 1.11 bits per heavy atom. The second-order valence-electron chi connectivity index (χ2n) is 4.64. The summed E-state index contributed by atoms with van der Waals surface area (Å²) in [4.78, 5) is 8.36. The fraction of sp³-hybridized carbons (Fsp3) is 0.286. The number of nitrogens with one attached hydrogen (secondary N) is 1. The first kappa shape index (κ1) is 11.1. The van der Waals surface area contributed by atoms with Crippen molar-refractivity contribution in [1.29, 1.82) is 0 Å². The van der Waals surface area contributed by atoms with Crippen LogP contribution in [-0.4, -0.2) is 9.97 Å². The summed E-state index contributed by atoms with van der Waals surface area (Å²) in [5, 5.41) is 3.35. The molecule has 1 aromatic heterocycles. The van der Waals surface area contributed by atoms with E-state index in [2.05, 4.69) is 15.3 Å². The molecule has 92 valence electrons. The number of anilines is 1. The molecule has 0 spiro atoms. The first-order valence-electron chi connectivity index (χ1n) is 6.10. The predicted octanol–water partition coefficient (Wildman–Crippen LogP) is 3.11. The molecule has 0 bridgehead atoms. The molecule has 3 nitrogen and oxygen atoms in total. The molecule has 18 heavy (non-hydrogen) atoms. The standard InChI is InChI=1S/C14H14FN3/c15-12-5-1-4-11(10-12)14(6-2-7-14)18-13-16-8-3-9-17-13/h1,3-5,8-10H,2,6-7H2,(H,16,17,18). The van der Waals surface area contributed by atoms with E-state index in [0.29, 0.717) is 5.95 Å². The van der Waals surface area contributed by atoms with E-state index in [9.17, 15) is 4.39 Å². The van der Waals surface area contributed by atoms with E-state index < -0.39 is 0 Å². The molecule has 2 aromatic rings. The van der Waals surface area contributed by atoms with Gasteiger partial charge in [-0.05, 0) is 43.0 Å². The summed E-state index contributed by atoms with van der Waals surface area (Å²) in [6.07, 6.45) is 6.50. The summed E-state index contributed by atoms with van der Waals surface area (Å²) in [5.41, 5.74) is 0.768. The number of aromatic nitrogens is 2. The van der Waals surface area contributed by atoms with Crippen LogP contribution in [0.15, 0.2) is 42.7 Å². The quantitative estimate of drug-likeness (QED) is 0.900. The highest BCUT2D eigenvalue weighted by Crippen LogP contribution is 2.43. The Morgan fingerprint density at radius 3 is 2.50 bits per heavy atom. The van der Waals surface area contributed by atoms with Crippen molar-refractivity contribution in [2.24, 2.45) is 0 Å². The van der Waals surface area contributed by atoms with Gasteiger partial charge in [0.2, 0.25) is 5.95 Å². The highest BCUT2D eigenvalue weighted by Gasteiger charge is 2.39. The zero-order valence-corrected chi connectivity index (χ0v) is 9.94. The fourth-order valence-electron chi connectivity index (χ4n) is 2.38. The molecule has 1 heterocycles. The number of rotatable bonds is 3. The van der Waals surface area contributed by atoms with Crippen LogP contribution in [0.2, 0.25) is 0 Å². The Kier molecular flexibility index (Phi) is 2.70. The molecule has 0 aliphatic heterocycles. The van der Waals surface area contributed by atoms with Gasteiger partial charge in [0.1, 0.15) is 5.82 Å². The zero-order chi connectivity index (χ0) is 12.4. The average Bonchev–Trinajstić information content (AvgIpc) is 2.35. The normalized spacial score (nSPS) is 16.9. The van der Waals surface area contributed by atoms with Crippen LogP contribution in [0, 0.1) is 5.82 Å². The van der Waals surface area contributed by atoms with E-state index in [1.54, 1.807) is 30.6 Å². The first-order chi connectivity index (χ1) is 8.78. The summed E-state index contributed by atoms with van der Waals surface area (Å²) >= 11 is 0. The van der Waals surface area contributed by atoms with E-state index in [0.717, 1.165) is 24.8 Å². The lowest BCUT2D eigenvalue weighted by atomic mass is 9.72. The number of hydrogen-bond acceptors (Lipinski definition) is 3. The van der Waals surface area contributed by atoms with Crippen molar-refractivity contribution in [2.75, 3.05) is 5.32 Å². The molecular weight excluding hydrogens is 229 g/mol. The van der Waals surface area contributed by atoms with Crippen LogP contribution < -0.4 is 5.32 Å². The summed E-state index contributed by atoms with van der Waals surface area (Å²) in [6.45, 7) is 0. The summed E-state index contributed by atoms with van der Waals surface area (Å²) in [5.74, 6) is 0.399. The van der Waals surface area contributed by atoms with Gasteiger partial charge in [0.05, 0.1) is 5.54 Å². The highest BCUT2D eigenvalue weighted by atomic mass is 19.1. The maximum atomic E-state index is 13.3. The van der Waals surface area contributed by atoms with Crippen molar-refractivity contribution in [3.63, 3.8) is 0 Å². The van der Waals surface area contributed by atoms with Gasteiger partial charge < -0.3 is 5.32 Å². The molecule has 0 radical (unpaired) electrons. The van der Waals surface area contributed by atoms with Crippen LogP contribution in [0.5, 0.6) is 0 Å². The van der Waals surface area contributed by atoms with Crippen LogP contribution in [0.3, 0.4) is 0 Å². The third kappa shape index (κ3) is 1.94. The molecule has 3 rings (SSSR count). The topological polar surface area (TPSA) is 37.8 Å². The number of halogens is 1. The van der Waals surface area contributed by atoms with Gasteiger partial charge >= 0.3 is 0 Å². The third-order valence-corrected chi connectivity index (χ3v) is 3.50. The van der Waals surface area contributed by atoms with E-state index >= 15 is 0 Å². The van der Waals surface area contributed by atoms with E-state index in [1.165, 1.54) is 6.07 Å². The van der Waals surface area contributed by atoms with Crippen LogP contribution in [0.4, 0.5) is 10.3 Å². The van der Waals surface area contributed by atoms with Gasteiger partial charge in [0, 0.05) is 12.4 Å². The monoisotopic (exact) mass is 243 g/mol. The van der Waals surface area contributed by atoms with Gasteiger partial charge in [-0.15, -0.1) is 0 Å². The molecule has 0 amide bonds. The third-order valence-electron chi connectivity index (χ3n) is 3.50. The molecule has 1 aliphatic rings. The summed E-state index contributed by atoms with van der Waals surface area (Å²) in [6, 6.07) is 8.54. The van der Waals surface area contributed by atoms with Crippen LogP contribution in [-0.2, 0) is 5.54 Å². The second kappa shape index (κ2) is 4.37. The van der Waals surface area contributed by atoms with E-state index in [-0.39, 0.29) is 11.4 Å². The Morgan fingerprint density at radius 2 is 1.89 bits per heavy atom. The van der Waals surface area contributed by atoms with Crippen molar-refractivity contribution in [3.8, 4) is 0 Å². The molecular formula is C14H14FN3. The van der Waals surface area contributed by atoms with Gasteiger partial charge in [-0.2, -0.15) is 0 Å². The Balaban J connectivity index is 1.91. The van der Waals surface area contributed by atoms with Crippen LogP contribution in [0.25, 0.3) is 0 Å². The van der Waals surface area contributed by atoms with Crippen molar-refractivity contribution >= 4 is 5.95 Å². The van der Waals surface area contributed by atoms with E-state index in [1.807, 2.05) is 6.07 Å². The SMILES string of the molecule is Fc1cccc(C2(Nc3ncccn3)CCC2)c1. The number of nitrogens with zero attached hydrogens (tertiary/aromatic N) is 2. The van der Waals surface area contributed by atoms with E-state index in [4.69, 9.17) is 0 Å². The Hall–Kier alpha value is -1.97. The second-order valence-corrected chi connectivity index (χ2v) is 4.64. The van der Waals surface area contributed by atoms with Crippen molar-refractivity contribution < 1.29 is 4.39 Å². The van der Waals surface area contributed by atoms with Crippen molar-refractivity contribution in [1.82, 2.24) is 9.97 Å². The van der Waals surface area contributed by atoms with Gasteiger partial charge in [0.25, 0.3) is 0 Å². The smallest absolute Gasteiger partial charge is 0.223 e. The lowest BCUT2D eigenvalue weighted by Gasteiger charge is -2.43. The van der Waals surface area contributed by atoms with Gasteiger partial charge in [-0.3, -0.25) is 0 Å². The molecule has 1 aliphatic carbocycles.